The van der Waals surface area contributed by atoms with Crippen molar-refractivity contribution in [2.45, 2.75) is 30.6 Å². The molecule has 19 heavy (non-hydrogen) atoms. The van der Waals surface area contributed by atoms with Gasteiger partial charge in [-0.2, -0.15) is 0 Å². The summed E-state index contributed by atoms with van der Waals surface area (Å²) in [5, 5.41) is 0. The zero-order valence-corrected chi connectivity index (χ0v) is 11.9. The Bertz CT molecular complexity index is 537. The van der Waals surface area contributed by atoms with Crippen LogP contribution in [0.15, 0.2) is 23.1 Å². The summed E-state index contributed by atoms with van der Waals surface area (Å²) in [7, 11) is -2.02. The van der Waals surface area contributed by atoms with Crippen LogP contribution in [0.1, 0.15) is 25.7 Å². The average Bonchev–Trinajstić information content (AvgIpc) is 2.89. The van der Waals surface area contributed by atoms with Crippen LogP contribution >= 0.6 is 0 Å². The van der Waals surface area contributed by atoms with Crippen LogP contribution in [-0.4, -0.2) is 22.1 Å². The van der Waals surface area contributed by atoms with Gasteiger partial charge in [-0.25, -0.2) is 13.1 Å². The highest BCUT2D eigenvalue weighted by Gasteiger charge is 2.21. The lowest BCUT2D eigenvalue weighted by molar-refractivity contribution is 0.414. The van der Waals surface area contributed by atoms with E-state index >= 15 is 0 Å². The SMILES string of the molecule is COc1ccc(S(=O)(=O)NCC2CCCC2)c(N)c1. The van der Waals surface area contributed by atoms with E-state index in [9.17, 15) is 8.42 Å². The first-order valence-electron chi connectivity index (χ1n) is 6.46. The van der Waals surface area contributed by atoms with Gasteiger partial charge >= 0.3 is 0 Å². The third-order valence-corrected chi connectivity index (χ3v) is 5.04. The second kappa shape index (κ2) is 5.79. The van der Waals surface area contributed by atoms with E-state index in [4.69, 9.17) is 10.5 Å². The molecule has 106 valence electrons. The van der Waals surface area contributed by atoms with Crippen molar-refractivity contribution in [2.75, 3.05) is 19.4 Å². The molecule has 0 radical (unpaired) electrons. The number of hydrogen-bond donors (Lipinski definition) is 2. The van der Waals surface area contributed by atoms with E-state index in [1.807, 2.05) is 0 Å². The van der Waals surface area contributed by atoms with Crippen molar-refractivity contribution in [3.63, 3.8) is 0 Å². The van der Waals surface area contributed by atoms with E-state index in [0.29, 0.717) is 18.2 Å². The van der Waals surface area contributed by atoms with Crippen molar-refractivity contribution >= 4 is 15.7 Å². The maximum absolute atomic E-state index is 12.2. The number of ether oxygens (including phenoxy) is 1. The molecule has 1 saturated carbocycles. The Morgan fingerprint density at radius 2 is 2.05 bits per heavy atom. The Balaban J connectivity index is 2.10. The van der Waals surface area contributed by atoms with Crippen molar-refractivity contribution < 1.29 is 13.2 Å². The van der Waals surface area contributed by atoms with Gasteiger partial charge in [-0.1, -0.05) is 12.8 Å². The molecule has 6 heteroatoms. The van der Waals surface area contributed by atoms with Crippen molar-refractivity contribution in [2.24, 2.45) is 5.92 Å². The fraction of sp³-hybridized carbons (Fsp3) is 0.538. The van der Waals surface area contributed by atoms with Gasteiger partial charge in [0.25, 0.3) is 0 Å². The minimum Gasteiger partial charge on any atom is -0.497 e. The molecule has 1 aliphatic carbocycles. The molecule has 1 aliphatic rings. The van der Waals surface area contributed by atoms with Crippen LogP contribution in [0.3, 0.4) is 0 Å². The van der Waals surface area contributed by atoms with Crippen molar-refractivity contribution in [1.82, 2.24) is 4.72 Å². The van der Waals surface area contributed by atoms with Gasteiger partial charge < -0.3 is 10.5 Å². The molecule has 3 N–H and O–H groups in total. The van der Waals surface area contributed by atoms with Gasteiger partial charge in [-0.3, -0.25) is 0 Å². The van der Waals surface area contributed by atoms with Crippen LogP contribution in [0.5, 0.6) is 5.75 Å². The fourth-order valence-electron chi connectivity index (χ4n) is 2.42. The van der Waals surface area contributed by atoms with Gasteiger partial charge in [0.05, 0.1) is 12.8 Å². The monoisotopic (exact) mass is 284 g/mol. The third kappa shape index (κ3) is 3.39. The van der Waals surface area contributed by atoms with E-state index < -0.39 is 10.0 Å². The molecule has 0 unspecified atom stereocenters. The summed E-state index contributed by atoms with van der Waals surface area (Å²) >= 11 is 0. The van der Waals surface area contributed by atoms with Crippen LogP contribution in [0.4, 0.5) is 5.69 Å². The molecule has 1 fully saturated rings. The summed E-state index contributed by atoms with van der Waals surface area (Å²) < 4.78 is 32.0. The predicted molar refractivity (Wildman–Crippen MR) is 74.6 cm³/mol. The predicted octanol–water partition coefficient (Wildman–Crippen LogP) is 1.75. The number of anilines is 1. The first-order valence-corrected chi connectivity index (χ1v) is 7.94. The number of nitrogens with two attached hydrogens (primary N) is 1. The van der Waals surface area contributed by atoms with Crippen LogP contribution < -0.4 is 15.2 Å². The molecular weight excluding hydrogens is 264 g/mol. The van der Waals surface area contributed by atoms with Crippen molar-refractivity contribution in [3.8, 4) is 5.75 Å². The Kier molecular flexibility index (Phi) is 4.31. The molecule has 0 aliphatic heterocycles. The number of methoxy groups -OCH3 is 1. The van der Waals surface area contributed by atoms with E-state index in [1.165, 1.54) is 32.1 Å². The largest absolute Gasteiger partial charge is 0.497 e. The van der Waals surface area contributed by atoms with Gasteiger partial charge in [0.15, 0.2) is 0 Å². The minimum absolute atomic E-state index is 0.117. The molecule has 0 aromatic heterocycles. The van der Waals surface area contributed by atoms with E-state index in [-0.39, 0.29) is 10.6 Å². The van der Waals surface area contributed by atoms with Crippen LogP contribution in [0.2, 0.25) is 0 Å². The zero-order chi connectivity index (χ0) is 13.9. The lowest BCUT2D eigenvalue weighted by Crippen LogP contribution is -2.29. The summed E-state index contributed by atoms with van der Waals surface area (Å²) in [6.45, 7) is 0.494. The maximum atomic E-state index is 12.2. The average molecular weight is 284 g/mol. The summed E-state index contributed by atoms with van der Waals surface area (Å²) in [6.07, 6.45) is 4.58. The quantitative estimate of drug-likeness (QED) is 0.807. The molecule has 0 heterocycles. The molecule has 0 bridgehead atoms. The minimum atomic E-state index is -3.53. The van der Waals surface area contributed by atoms with Gasteiger partial charge in [-0.15, -0.1) is 0 Å². The normalized spacial score (nSPS) is 16.7. The standard InChI is InChI=1S/C13H20N2O3S/c1-18-11-6-7-13(12(14)8-11)19(16,17)15-9-10-4-2-3-5-10/h6-8,10,15H,2-5,9,14H2,1H3. The fourth-order valence-corrected chi connectivity index (χ4v) is 3.65. The highest BCUT2D eigenvalue weighted by molar-refractivity contribution is 7.89. The molecule has 0 amide bonds. The number of benzene rings is 1. The van der Waals surface area contributed by atoms with E-state index in [1.54, 1.807) is 6.07 Å². The molecule has 2 rings (SSSR count). The van der Waals surface area contributed by atoms with Crippen LogP contribution in [-0.2, 0) is 10.0 Å². The molecular formula is C13H20N2O3S. The maximum Gasteiger partial charge on any atom is 0.242 e. The highest BCUT2D eigenvalue weighted by atomic mass is 32.2. The number of sulfonamides is 1. The lowest BCUT2D eigenvalue weighted by atomic mass is 10.1. The zero-order valence-electron chi connectivity index (χ0n) is 11.1. The summed E-state index contributed by atoms with van der Waals surface area (Å²) in [5.41, 5.74) is 5.97. The van der Waals surface area contributed by atoms with Crippen molar-refractivity contribution in [1.29, 1.82) is 0 Å². The summed E-state index contributed by atoms with van der Waals surface area (Å²) in [5.74, 6) is 1.00. The Labute approximate surface area is 114 Å². The molecule has 5 nitrogen and oxygen atoms in total. The smallest absolute Gasteiger partial charge is 0.242 e. The van der Waals surface area contributed by atoms with Gasteiger partial charge in [-0.05, 0) is 30.9 Å². The Morgan fingerprint density at radius 3 is 2.63 bits per heavy atom. The van der Waals surface area contributed by atoms with Crippen molar-refractivity contribution in [3.05, 3.63) is 18.2 Å². The third-order valence-electron chi connectivity index (χ3n) is 3.54. The number of rotatable bonds is 5. The van der Waals surface area contributed by atoms with Gasteiger partial charge in [0.2, 0.25) is 10.0 Å². The molecule has 1 aromatic carbocycles. The lowest BCUT2D eigenvalue weighted by Gasteiger charge is -2.13. The van der Waals surface area contributed by atoms with Crippen LogP contribution in [0, 0.1) is 5.92 Å². The highest BCUT2D eigenvalue weighted by Crippen LogP contribution is 2.26. The number of hydrogen-bond acceptors (Lipinski definition) is 4. The summed E-state index contributed by atoms with van der Waals surface area (Å²) in [4.78, 5) is 0.117. The first-order chi connectivity index (χ1) is 9.03. The second-order valence-corrected chi connectivity index (χ2v) is 6.64. The summed E-state index contributed by atoms with van der Waals surface area (Å²) in [6, 6.07) is 4.59. The molecule has 0 saturated heterocycles. The topological polar surface area (TPSA) is 81.4 Å². The number of nitrogen functional groups attached to an aromatic ring is 1. The Morgan fingerprint density at radius 1 is 1.37 bits per heavy atom. The first kappa shape index (κ1) is 14.1. The van der Waals surface area contributed by atoms with E-state index in [2.05, 4.69) is 4.72 Å². The van der Waals surface area contributed by atoms with Gasteiger partial charge in [0.1, 0.15) is 10.6 Å². The molecule has 0 spiro atoms. The van der Waals surface area contributed by atoms with E-state index in [0.717, 1.165) is 12.8 Å². The second-order valence-electron chi connectivity index (χ2n) is 4.91. The molecule has 0 atom stereocenters. The molecule has 1 aromatic rings. The number of nitrogens with one attached hydrogen (secondary N) is 1. The Hall–Kier alpha value is -1.27. The van der Waals surface area contributed by atoms with Gasteiger partial charge in [0, 0.05) is 12.6 Å². The van der Waals surface area contributed by atoms with Crippen LogP contribution in [0.25, 0.3) is 0 Å².